The smallest absolute Gasteiger partial charge is 0.243 e. The number of rotatable bonds is 7. The van der Waals surface area contributed by atoms with Gasteiger partial charge in [-0.3, -0.25) is 9.59 Å². The predicted molar refractivity (Wildman–Crippen MR) is 108 cm³/mol. The fraction of sp³-hybridized carbons (Fsp3) is 0.250. The molecule has 0 bridgehead atoms. The van der Waals surface area contributed by atoms with Crippen LogP contribution >= 0.6 is 11.8 Å². The zero-order valence-electron chi connectivity index (χ0n) is 14.8. The molecule has 1 saturated heterocycles. The number of nitriles is 1. The third-order valence-corrected chi connectivity index (χ3v) is 5.10. The van der Waals surface area contributed by atoms with Crippen LogP contribution in [0.4, 0.5) is 17.1 Å². The van der Waals surface area contributed by atoms with E-state index in [0.29, 0.717) is 24.4 Å². The maximum atomic E-state index is 12.4. The van der Waals surface area contributed by atoms with E-state index in [9.17, 15) is 9.59 Å². The highest BCUT2D eigenvalue weighted by molar-refractivity contribution is 7.99. The minimum absolute atomic E-state index is 0.0797. The van der Waals surface area contributed by atoms with Crippen molar-refractivity contribution in [2.45, 2.75) is 17.7 Å². The van der Waals surface area contributed by atoms with Gasteiger partial charge in [-0.15, -0.1) is 11.8 Å². The van der Waals surface area contributed by atoms with Crippen LogP contribution in [0.3, 0.4) is 0 Å². The van der Waals surface area contributed by atoms with Crippen LogP contribution in [0, 0.1) is 11.3 Å². The molecule has 0 atom stereocenters. The Morgan fingerprint density at radius 2 is 1.89 bits per heavy atom. The molecule has 138 valence electrons. The van der Waals surface area contributed by atoms with Crippen LogP contribution in [0.5, 0.6) is 0 Å². The van der Waals surface area contributed by atoms with Crippen LogP contribution in [0.25, 0.3) is 0 Å². The molecular weight excluding hydrogens is 360 g/mol. The molecule has 0 aromatic heterocycles. The van der Waals surface area contributed by atoms with E-state index in [1.165, 1.54) is 11.8 Å². The van der Waals surface area contributed by atoms with Crippen molar-refractivity contribution in [3.63, 3.8) is 0 Å². The number of amides is 2. The minimum atomic E-state index is -0.192. The van der Waals surface area contributed by atoms with Crippen molar-refractivity contribution in [1.29, 1.82) is 5.26 Å². The van der Waals surface area contributed by atoms with Gasteiger partial charge in [0.1, 0.15) is 0 Å². The molecule has 0 spiro atoms. The molecule has 0 saturated carbocycles. The van der Waals surface area contributed by atoms with Crippen molar-refractivity contribution >= 4 is 40.6 Å². The van der Waals surface area contributed by atoms with Crippen LogP contribution in [0.15, 0.2) is 53.4 Å². The molecule has 27 heavy (non-hydrogen) atoms. The minimum Gasteiger partial charge on any atom is -0.374 e. The summed E-state index contributed by atoms with van der Waals surface area (Å²) in [6.07, 6.45) is 1.41. The molecule has 1 fully saturated rings. The summed E-state index contributed by atoms with van der Waals surface area (Å²) < 4.78 is 0. The average Bonchev–Trinajstić information content (AvgIpc) is 3.11. The number of nitrogens with one attached hydrogen (secondary N) is 2. The molecule has 2 aromatic carbocycles. The number of nitrogens with zero attached hydrogens (tertiary/aromatic N) is 2. The summed E-state index contributed by atoms with van der Waals surface area (Å²) in [6.45, 7) is 0.781. The topological polar surface area (TPSA) is 85.2 Å². The zero-order chi connectivity index (χ0) is 19.1. The second-order valence-corrected chi connectivity index (χ2v) is 7.03. The van der Waals surface area contributed by atoms with Gasteiger partial charge < -0.3 is 15.5 Å². The fourth-order valence-corrected chi connectivity index (χ4v) is 3.61. The highest BCUT2D eigenvalue weighted by Gasteiger charge is 2.23. The van der Waals surface area contributed by atoms with Crippen LogP contribution in [-0.4, -0.2) is 30.7 Å². The quantitative estimate of drug-likeness (QED) is 0.719. The van der Waals surface area contributed by atoms with Crippen molar-refractivity contribution in [1.82, 2.24) is 0 Å². The third-order valence-electron chi connectivity index (χ3n) is 4.16. The standard InChI is InChI=1S/C20H20N4O2S/c21-11-13-27-18-9-4-2-7-16(18)23-19(25)14-22-15-6-1-3-8-17(15)24-12-5-10-20(24)26/h1-4,6-9,22H,5,10,12-14H2,(H,23,25). The lowest BCUT2D eigenvalue weighted by Gasteiger charge is -2.20. The number of thioether (sulfide) groups is 1. The van der Waals surface area contributed by atoms with Gasteiger partial charge in [0.25, 0.3) is 0 Å². The van der Waals surface area contributed by atoms with Gasteiger partial charge in [0.05, 0.1) is 35.4 Å². The highest BCUT2D eigenvalue weighted by atomic mass is 32.2. The Hall–Kier alpha value is -2.98. The Labute approximate surface area is 162 Å². The molecule has 6 nitrogen and oxygen atoms in total. The van der Waals surface area contributed by atoms with Gasteiger partial charge in [0.15, 0.2) is 0 Å². The molecule has 7 heteroatoms. The van der Waals surface area contributed by atoms with Gasteiger partial charge in [-0.25, -0.2) is 0 Å². The Morgan fingerprint density at radius 1 is 1.15 bits per heavy atom. The summed E-state index contributed by atoms with van der Waals surface area (Å²) in [4.78, 5) is 27.0. The van der Waals surface area contributed by atoms with E-state index in [2.05, 4.69) is 16.7 Å². The van der Waals surface area contributed by atoms with E-state index in [0.717, 1.165) is 22.7 Å². The Balaban J connectivity index is 1.64. The second-order valence-electron chi connectivity index (χ2n) is 6.01. The summed E-state index contributed by atoms with van der Waals surface area (Å²) in [6, 6.07) is 17.0. The first-order valence-corrected chi connectivity index (χ1v) is 9.69. The van der Waals surface area contributed by atoms with Crippen molar-refractivity contribution in [3.8, 4) is 6.07 Å². The van der Waals surface area contributed by atoms with Crippen molar-refractivity contribution in [3.05, 3.63) is 48.5 Å². The van der Waals surface area contributed by atoms with E-state index < -0.39 is 0 Å². The zero-order valence-corrected chi connectivity index (χ0v) is 15.6. The number of benzene rings is 2. The van der Waals surface area contributed by atoms with E-state index >= 15 is 0 Å². The van der Waals surface area contributed by atoms with Crippen LogP contribution in [0.1, 0.15) is 12.8 Å². The Kier molecular flexibility index (Phi) is 6.34. The molecule has 2 N–H and O–H groups in total. The molecule has 0 aliphatic carbocycles. The van der Waals surface area contributed by atoms with Crippen LogP contribution in [0.2, 0.25) is 0 Å². The maximum Gasteiger partial charge on any atom is 0.243 e. The van der Waals surface area contributed by atoms with Crippen LogP contribution in [-0.2, 0) is 9.59 Å². The van der Waals surface area contributed by atoms with Crippen molar-refractivity contribution in [2.24, 2.45) is 0 Å². The van der Waals surface area contributed by atoms with E-state index in [1.54, 1.807) is 4.90 Å². The van der Waals surface area contributed by atoms with Gasteiger partial charge in [0, 0.05) is 17.9 Å². The SMILES string of the molecule is N#CCSc1ccccc1NC(=O)CNc1ccccc1N1CCCC1=O. The lowest BCUT2D eigenvalue weighted by Crippen LogP contribution is -2.26. The number of para-hydroxylation sites is 3. The molecule has 1 heterocycles. The first-order chi connectivity index (χ1) is 13.2. The normalized spacial score (nSPS) is 13.3. The highest BCUT2D eigenvalue weighted by Crippen LogP contribution is 2.29. The molecule has 2 amide bonds. The monoisotopic (exact) mass is 380 g/mol. The first kappa shape index (κ1) is 18.8. The number of hydrogen-bond acceptors (Lipinski definition) is 5. The Morgan fingerprint density at radius 3 is 2.63 bits per heavy atom. The van der Waals surface area contributed by atoms with Gasteiger partial charge in [-0.1, -0.05) is 24.3 Å². The molecule has 0 unspecified atom stereocenters. The molecule has 1 aliphatic heterocycles. The van der Waals surface area contributed by atoms with Crippen molar-refractivity contribution < 1.29 is 9.59 Å². The number of carbonyl (C=O) groups excluding carboxylic acids is 2. The summed E-state index contributed by atoms with van der Waals surface area (Å²) >= 11 is 1.38. The number of anilines is 3. The Bertz CT molecular complexity index is 878. The summed E-state index contributed by atoms with van der Waals surface area (Å²) in [5, 5.41) is 14.8. The van der Waals surface area contributed by atoms with Gasteiger partial charge >= 0.3 is 0 Å². The molecular formula is C20H20N4O2S. The van der Waals surface area contributed by atoms with E-state index in [-0.39, 0.29) is 18.4 Å². The first-order valence-electron chi connectivity index (χ1n) is 8.71. The molecule has 1 aliphatic rings. The largest absolute Gasteiger partial charge is 0.374 e. The van der Waals surface area contributed by atoms with Crippen molar-refractivity contribution in [2.75, 3.05) is 34.4 Å². The summed E-state index contributed by atoms with van der Waals surface area (Å²) in [5.74, 6) is 0.238. The second kappa shape index (κ2) is 9.10. The molecule has 0 radical (unpaired) electrons. The third kappa shape index (κ3) is 4.80. The molecule has 3 rings (SSSR count). The van der Waals surface area contributed by atoms with E-state index in [4.69, 9.17) is 5.26 Å². The molecule has 2 aromatic rings. The average molecular weight is 380 g/mol. The van der Waals surface area contributed by atoms with Gasteiger partial charge in [0.2, 0.25) is 11.8 Å². The summed E-state index contributed by atoms with van der Waals surface area (Å²) in [5.41, 5.74) is 2.25. The lowest BCUT2D eigenvalue weighted by atomic mass is 10.2. The lowest BCUT2D eigenvalue weighted by molar-refractivity contribution is -0.117. The number of hydrogen-bond donors (Lipinski definition) is 2. The number of carbonyl (C=O) groups is 2. The maximum absolute atomic E-state index is 12.4. The predicted octanol–water partition coefficient (Wildman–Crippen LogP) is 3.48. The fourth-order valence-electron chi connectivity index (χ4n) is 2.94. The van der Waals surface area contributed by atoms with Crippen LogP contribution < -0.4 is 15.5 Å². The van der Waals surface area contributed by atoms with Gasteiger partial charge in [-0.05, 0) is 30.7 Å². The van der Waals surface area contributed by atoms with Gasteiger partial charge in [-0.2, -0.15) is 5.26 Å². The summed E-state index contributed by atoms with van der Waals surface area (Å²) in [7, 11) is 0. The van der Waals surface area contributed by atoms with E-state index in [1.807, 2.05) is 48.5 Å².